The summed E-state index contributed by atoms with van der Waals surface area (Å²) >= 11 is 0. The van der Waals surface area contributed by atoms with Gasteiger partial charge in [0.25, 0.3) is 0 Å². The van der Waals surface area contributed by atoms with E-state index in [1.807, 2.05) is 0 Å². The van der Waals surface area contributed by atoms with Crippen LogP contribution in [-0.2, 0) is 0 Å². The van der Waals surface area contributed by atoms with Crippen LogP contribution >= 0.6 is 0 Å². The van der Waals surface area contributed by atoms with E-state index in [0.29, 0.717) is 0 Å². The Morgan fingerprint density at radius 1 is 0.700 bits per heavy atom. The fourth-order valence-corrected chi connectivity index (χ4v) is 6.21. The minimum absolute atomic E-state index is 0.909. The van der Waals surface area contributed by atoms with E-state index in [4.69, 9.17) is 0 Å². The van der Waals surface area contributed by atoms with Gasteiger partial charge in [-0.1, -0.05) is 65.2 Å². The van der Waals surface area contributed by atoms with E-state index in [0.717, 1.165) is 35.5 Å². The maximum absolute atomic E-state index is 2.45. The van der Waals surface area contributed by atoms with Gasteiger partial charge in [0.2, 0.25) is 0 Å². The summed E-state index contributed by atoms with van der Waals surface area (Å²) in [5, 5.41) is 0. The zero-order valence-electron chi connectivity index (χ0n) is 13.9. The summed E-state index contributed by atoms with van der Waals surface area (Å²) in [4.78, 5) is 0. The first-order valence-electron chi connectivity index (χ1n) is 9.75. The Hall–Kier alpha value is 0. The molecule has 116 valence electrons. The maximum atomic E-state index is 2.45. The molecular weight excluding hydrogens is 240 g/mol. The number of hydrogen-bond acceptors (Lipinski definition) is 0. The van der Waals surface area contributed by atoms with Gasteiger partial charge < -0.3 is 0 Å². The molecule has 0 heterocycles. The van der Waals surface area contributed by atoms with E-state index < -0.39 is 0 Å². The van der Waals surface area contributed by atoms with Crippen molar-refractivity contribution in [1.29, 1.82) is 0 Å². The van der Waals surface area contributed by atoms with Crippen LogP contribution in [0.1, 0.15) is 90.9 Å². The van der Waals surface area contributed by atoms with Crippen LogP contribution in [0.15, 0.2) is 0 Å². The number of hydrogen-bond donors (Lipinski definition) is 0. The predicted molar refractivity (Wildman–Crippen MR) is 87.7 cm³/mol. The highest BCUT2D eigenvalue weighted by Crippen LogP contribution is 2.53. The van der Waals surface area contributed by atoms with Crippen molar-refractivity contribution in [3.63, 3.8) is 0 Å². The van der Waals surface area contributed by atoms with Gasteiger partial charge in [-0.2, -0.15) is 0 Å². The zero-order valence-corrected chi connectivity index (χ0v) is 13.9. The monoisotopic (exact) mass is 276 g/mol. The molecule has 0 aromatic carbocycles. The second-order valence-corrected chi connectivity index (χ2v) is 8.65. The Morgan fingerprint density at radius 2 is 1.35 bits per heavy atom. The molecule has 0 heteroatoms. The van der Waals surface area contributed by atoms with Gasteiger partial charge in [0.15, 0.2) is 0 Å². The van der Waals surface area contributed by atoms with Gasteiger partial charge in [0.05, 0.1) is 0 Å². The molecule has 0 saturated heterocycles. The summed E-state index contributed by atoms with van der Waals surface area (Å²) in [6, 6.07) is 0. The molecule has 0 nitrogen and oxygen atoms in total. The third kappa shape index (κ3) is 3.25. The van der Waals surface area contributed by atoms with Crippen LogP contribution in [0, 0.1) is 35.5 Å². The molecule has 3 rings (SSSR count). The van der Waals surface area contributed by atoms with E-state index in [-0.39, 0.29) is 0 Å². The molecule has 0 aromatic rings. The van der Waals surface area contributed by atoms with E-state index >= 15 is 0 Å². The van der Waals surface area contributed by atoms with Crippen molar-refractivity contribution < 1.29 is 0 Å². The molecule has 0 amide bonds. The van der Waals surface area contributed by atoms with Crippen molar-refractivity contribution in [3.05, 3.63) is 0 Å². The second kappa shape index (κ2) is 6.84. The average Bonchev–Trinajstić information content (AvgIpc) is 2.47. The lowest BCUT2D eigenvalue weighted by atomic mass is 9.55. The lowest BCUT2D eigenvalue weighted by molar-refractivity contribution is -0.00327. The highest BCUT2D eigenvalue weighted by atomic mass is 14.5. The topological polar surface area (TPSA) is 0 Å². The van der Waals surface area contributed by atoms with Crippen LogP contribution < -0.4 is 0 Å². The van der Waals surface area contributed by atoms with Gasteiger partial charge in [-0.05, 0) is 61.2 Å². The van der Waals surface area contributed by atoms with Crippen LogP contribution in [0.25, 0.3) is 0 Å². The summed E-state index contributed by atoms with van der Waals surface area (Å²) in [6.45, 7) is 4.90. The summed E-state index contributed by atoms with van der Waals surface area (Å²) in [5.74, 6) is 6.47. The second-order valence-electron chi connectivity index (χ2n) is 8.65. The van der Waals surface area contributed by atoms with Crippen molar-refractivity contribution in [2.24, 2.45) is 35.5 Å². The molecule has 3 aliphatic carbocycles. The van der Waals surface area contributed by atoms with E-state index in [1.54, 1.807) is 44.9 Å². The Balaban J connectivity index is 1.75. The van der Waals surface area contributed by atoms with Gasteiger partial charge in [0, 0.05) is 0 Å². The molecular formula is C20H36. The standard InChI is InChI=1S/C20H36/c1-15(2)14-18-13-12-16-8-6-7-11-19(16)20(18)17-9-4-3-5-10-17/h15-20H,3-14H2,1-2H3. The van der Waals surface area contributed by atoms with E-state index in [9.17, 15) is 0 Å². The van der Waals surface area contributed by atoms with Crippen LogP contribution in [0.4, 0.5) is 0 Å². The molecule has 0 N–H and O–H groups in total. The SMILES string of the molecule is CC(C)CC1CCC2CCCCC2C1C1CCCCC1. The summed E-state index contributed by atoms with van der Waals surface area (Å²) in [7, 11) is 0. The molecule has 0 radical (unpaired) electrons. The first kappa shape index (κ1) is 14.9. The highest BCUT2D eigenvalue weighted by molar-refractivity contribution is 4.93. The normalized spacial score (nSPS) is 39.8. The Kier molecular flexibility index (Phi) is 5.10. The Bertz CT molecular complexity index is 286. The van der Waals surface area contributed by atoms with Gasteiger partial charge >= 0.3 is 0 Å². The summed E-state index contributed by atoms with van der Waals surface area (Å²) < 4.78 is 0. The van der Waals surface area contributed by atoms with Crippen molar-refractivity contribution in [3.8, 4) is 0 Å². The first-order valence-corrected chi connectivity index (χ1v) is 9.75. The summed E-state index contributed by atoms with van der Waals surface area (Å²) in [5.41, 5.74) is 0. The fraction of sp³-hybridized carbons (Fsp3) is 1.00. The quantitative estimate of drug-likeness (QED) is 0.556. The molecule has 4 unspecified atom stereocenters. The van der Waals surface area contributed by atoms with Crippen LogP contribution in [0.2, 0.25) is 0 Å². The molecule has 3 fully saturated rings. The Labute approximate surface area is 127 Å². The van der Waals surface area contributed by atoms with Crippen LogP contribution in [0.3, 0.4) is 0 Å². The van der Waals surface area contributed by atoms with Gasteiger partial charge in [-0.15, -0.1) is 0 Å². The van der Waals surface area contributed by atoms with E-state index in [1.165, 1.54) is 32.1 Å². The van der Waals surface area contributed by atoms with Gasteiger partial charge in [0.1, 0.15) is 0 Å². The Morgan fingerprint density at radius 3 is 2.10 bits per heavy atom. The van der Waals surface area contributed by atoms with E-state index in [2.05, 4.69) is 13.8 Å². The molecule has 3 saturated carbocycles. The maximum Gasteiger partial charge on any atom is -0.0326 e. The average molecular weight is 277 g/mol. The van der Waals surface area contributed by atoms with Crippen molar-refractivity contribution >= 4 is 0 Å². The molecule has 3 aliphatic rings. The molecule has 0 bridgehead atoms. The lowest BCUT2D eigenvalue weighted by Gasteiger charge is -2.50. The number of fused-ring (bicyclic) bond motifs is 1. The van der Waals surface area contributed by atoms with Crippen molar-refractivity contribution in [2.45, 2.75) is 90.9 Å². The smallest absolute Gasteiger partial charge is 0.0326 e. The first-order chi connectivity index (χ1) is 9.75. The lowest BCUT2D eigenvalue weighted by Crippen LogP contribution is -2.41. The number of rotatable bonds is 3. The van der Waals surface area contributed by atoms with Crippen LogP contribution in [-0.4, -0.2) is 0 Å². The third-order valence-electron chi connectivity index (χ3n) is 6.88. The molecule has 20 heavy (non-hydrogen) atoms. The van der Waals surface area contributed by atoms with Gasteiger partial charge in [-0.3, -0.25) is 0 Å². The minimum atomic E-state index is 0.909. The predicted octanol–water partition coefficient (Wildman–Crippen LogP) is 6.45. The highest BCUT2D eigenvalue weighted by Gasteiger charge is 2.43. The molecule has 0 aliphatic heterocycles. The summed E-state index contributed by atoms with van der Waals surface area (Å²) in [6.07, 6.45) is 18.6. The zero-order chi connectivity index (χ0) is 13.9. The molecule has 0 aromatic heterocycles. The molecule has 0 spiro atoms. The molecule has 4 atom stereocenters. The third-order valence-corrected chi connectivity index (χ3v) is 6.88. The largest absolute Gasteiger partial charge is 0.0628 e. The van der Waals surface area contributed by atoms with Crippen molar-refractivity contribution in [1.82, 2.24) is 0 Å². The fourth-order valence-electron chi connectivity index (χ4n) is 6.21. The van der Waals surface area contributed by atoms with Gasteiger partial charge in [-0.25, -0.2) is 0 Å². The van der Waals surface area contributed by atoms with Crippen LogP contribution in [0.5, 0.6) is 0 Å². The minimum Gasteiger partial charge on any atom is -0.0628 e. The van der Waals surface area contributed by atoms with Crippen molar-refractivity contribution in [2.75, 3.05) is 0 Å².